The molecule has 3 rings (SSSR count). The monoisotopic (exact) mass is 318 g/mol. The maximum absolute atomic E-state index is 12.8. The summed E-state index contributed by atoms with van der Waals surface area (Å²) in [6.07, 6.45) is 1.24. The molecule has 1 aliphatic rings. The first-order valence-corrected chi connectivity index (χ1v) is 7.31. The van der Waals surface area contributed by atoms with Crippen LogP contribution >= 0.6 is 11.6 Å². The van der Waals surface area contributed by atoms with Gasteiger partial charge in [-0.15, -0.1) is 0 Å². The van der Waals surface area contributed by atoms with Crippen molar-refractivity contribution in [1.82, 2.24) is 4.98 Å². The number of halogens is 1. The van der Waals surface area contributed by atoms with E-state index in [1.807, 2.05) is 6.92 Å². The molecule has 114 valence electrons. The molecule has 1 atom stereocenters. The Morgan fingerprint density at radius 2 is 2.23 bits per heavy atom. The first-order valence-electron chi connectivity index (χ1n) is 6.93. The second kappa shape index (κ2) is 5.50. The van der Waals surface area contributed by atoms with Crippen LogP contribution in [0.3, 0.4) is 0 Å². The molecule has 1 aromatic carbocycles. The lowest BCUT2D eigenvalue weighted by atomic mass is 10.1. The minimum atomic E-state index is -0.361. The molecule has 0 saturated heterocycles. The van der Waals surface area contributed by atoms with Crippen molar-refractivity contribution in [2.24, 2.45) is 0 Å². The number of aromatic nitrogens is 1. The molecule has 1 amide bonds. The van der Waals surface area contributed by atoms with Crippen LogP contribution < -0.4 is 15.1 Å². The number of anilines is 1. The molecule has 2 aromatic rings. The van der Waals surface area contributed by atoms with Gasteiger partial charge in [-0.05, 0) is 26.0 Å². The summed E-state index contributed by atoms with van der Waals surface area (Å²) in [5, 5.41) is 0.444. The summed E-state index contributed by atoms with van der Waals surface area (Å²) in [5.74, 6) is 0.111. The number of ether oxygens (including phenoxy) is 1. The van der Waals surface area contributed by atoms with Crippen molar-refractivity contribution in [3.63, 3.8) is 0 Å². The zero-order valence-corrected chi connectivity index (χ0v) is 13.0. The van der Waals surface area contributed by atoms with E-state index >= 15 is 0 Å². The third kappa shape index (κ3) is 2.48. The van der Waals surface area contributed by atoms with E-state index in [4.69, 9.17) is 16.3 Å². The fourth-order valence-electron chi connectivity index (χ4n) is 2.50. The Bertz CT molecular complexity index is 800. The quantitative estimate of drug-likeness (QED) is 0.879. The van der Waals surface area contributed by atoms with Crippen LogP contribution in [0.25, 0.3) is 0 Å². The molecular formula is C16H15ClN2O3. The maximum Gasteiger partial charge on any atom is 0.263 e. The number of hydrogen-bond donors (Lipinski definition) is 1. The summed E-state index contributed by atoms with van der Waals surface area (Å²) >= 11 is 6.14. The number of H-pyrrole nitrogens is 1. The largest absolute Gasteiger partial charge is 0.485 e. The molecule has 2 heterocycles. The van der Waals surface area contributed by atoms with Crippen molar-refractivity contribution in [2.75, 3.05) is 11.4 Å². The molecular weight excluding hydrogens is 304 g/mol. The van der Waals surface area contributed by atoms with Crippen molar-refractivity contribution >= 4 is 23.2 Å². The predicted octanol–water partition coefficient (Wildman–Crippen LogP) is 2.76. The smallest absolute Gasteiger partial charge is 0.263 e. The number of hydrogen-bond acceptors (Lipinski definition) is 3. The van der Waals surface area contributed by atoms with Crippen molar-refractivity contribution in [2.45, 2.75) is 20.0 Å². The Hall–Kier alpha value is -2.27. The number of fused-ring (bicyclic) bond motifs is 1. The minimum Gasteiger partial charge on any atom is -0.485 e. The lowest BCUT2D eigenvalue weighted by Crippen LogP contribution is -2.43. The normalized spacial score (nSPS) is 16.9. The molecule has 0 radical (unpaired) electrons. The van der Waals surface area contributed by atoms with Gasteiger partial charge in [-0.3, -0.25) is 9.59 Å². The SMILES string of the molecule is Cc1cc(=O)c(C(=O)N2CC(C)Oc3c(Cl)cccc32)c[nH]1. The van der Waals surface area contributed by atoms with Crippen LogP contribution in [0.15, 0.2) is 35.3 Å². The Morgan fingerprint density at radius 3 is 2.95 bits per heavy atom. The molecule has 6 heteroatoms. The molecule has 0 bridgehead atoms. The summed E-state index contributed by atoms with van der Waals surface area (Å²) in [6, 6.07) is 6.63. The number of nitrogens with one attached hydrogen (secondary N) is 1. The number of carbonyl (C=O) groups excluding carboxylic acids is 1. The van der Waals surface area contributed by atoms with Gasteiger partial charge in [0.05, 0.1) is 17.3 Å². The average Bonchev–Trinajstić information content (AvgIpc) is 2.47. The van der Waals surface area contributed by atoms with E-state index in [9.17, 15) is 9.59 Å². The fraction of sp³-hybridized carbons (Fsp3) is 0.250. The molecule has 1 N–H and O–H groups in total. The number of rotatable bonds is 1. The number of benzene rings is 1. The second-order valence-corrected chi connectivity index (χ2v) is 5.73. The molecule has 0 fully saturated rings. The summed E-state index contributed by atoms with van der Waals surface area (Å²) in [4.78, 5) is 29.3. The van der Waals surface area contributed by atoms with E-state index in [0.29, 0.717) is 28.7 Å². The number of aryl methyl sites for hydroxylation is 1. The zero-order chi connectivity index (χ0) is 15.9. The van der Waals surface area contributed by atoms with Gasteiger partial charge in [-0.2, -0.15) is 0 Å². The number of pyridine rings is 1. The third-order valence-corrected chi connectivity index (χ3v) is 3.83. The molecule has 0 aliphatic carbocycles. The fourth-order valence-corrected chi connectivity index (χ4v) is 2.71. The summed E-state index contributed by atoms with van der Waals surface area (Å²) in [6.45, 7) is 3.98. The van der Waals surface area contributed by atoms with E-state index in [1.165, 1.54) is 17.2 Å². The van der Waals surface area contributed by atoms with Crippen LogP contribution in [-0.2, 0) is 0 Å². The molecule has 1 aliphatic heterocycles. The van der Waals surface area contributed by atoms with Gasteiger partial charge in [0, 0.05) is 18.0 Å². The first kappa shape index (κ1) is 14.7. The highest BCUT2D eigenvalue weighted by Gasteiger charge is 2.30. The molecule has 1 unspecified atom stereocenters. The molecule has 22 heavy (non-hydrogen) atoms. The number of carbonyl (C=O) groups is 1. The van der Waals surface area contributed by atoms with Crippen LogP contribution in [0.2, 0.25) is 5.02 Å². The summed E-state index contributed by atoms with van der Waals surface area (Å²) in [5.41, 5.74) is 1.09. The highest BCUT2D eigenvalue weighted by Crippen LogP contribution is 2.39. The number of para-hydroxylation sites is 1. The summed E-state index contributed by atoms with van der Waals surface area (Å²) in [7, 11) is 0. The van der Waals surface area contributed by atoms with E-state index < -0.39 is 0 Å². The predicted molar refractivity (Wildman–Crippen MR) is 85.0 cm³/mol. The zero-order valence-electron chi connectivity index (χ0n) is 12.2. The average molecular weight is 319 g/mol. The number of aromatic amines is 1. The Morgan fingerprint density at radius 1 is 1.45 bits per heavy atom. The van der Waals surface area contributed by atoms with Gasteiger partial charge < -0.3 is 14.6 Å². The summed E-state index contributed by atoms with van der Waals surface area (Å²) < 4.78 is 5.72. The first-order chi connectivity index (χ1) is 10.5. The van der Waals surface area contributed by atoms with Crippen molar-refractivity contribution in [3.8, 4) is 5.75 Å². The molecule has 0 spiro atoms. The number of nitrogens with zero attached hydrogens (tertiary/aromatic N) is 1. The van der Waals surface area contributed by atoms with Gasteiger partial charge in [0.2, 0.25) is 0 Å². The van der Waals surface area contributed by atoms with E-state index in [-0.39, 0.29) is 23.0 Å². The standard InChI is InChI=1S/C16H15ClN2O3/c1-9-6-14(20)11(7-18-9)16(21)19-8-10(2)22-15-12(17)4-3-5-13(15)19/h3-7,10H,8H2,1-2H3,(H,18,20). The van der Waals surface area contributed by atoms with Crippen LogP contribution in [-0.4, -0.2) is 23.5 Å². The van der Waals surface area contributed by atoms with Gasteiger partial charge in [0.25, 0.3) is 5.91 Å². The lowest BCUT2D eigenvalue weighted by molar-refractivity contribution is 0.0960. The van der Waals surface area contributed by atoms with Gasteiger partial charge in [-0.1, -0.05) is 17.7 Å². The Balaban J connectivity index is 2.07. The highest BCUT2D eigenvalue weighted by molar-refractivity contribution is 6.32. The number of amides is 1. The third-order valence-electron chi connectivity index (χ3n) is 3.53. The van der Waals surface area contributed by atoms with Gasteiger partial charge in [-0.25, -0.2) is 0 Å². The Labute approximate surface area is 132 Å². The van der Waals surface area contributed by atoms with E-state index in [2.05, 4.69) is 4.98 Å². The highest BCUT2D eigenvalue weighted by atomic mass is 35.5. The molecule has 0 saturated carbocycles. The van der Waals surface area contributed by atoms with Gasteiger partial charge >= 0.3 is 0 Å². The van der Waals surface area contributed by atoms with E-state index in [0.717, 1.165) is 0 Å². The van der Waals surface area contributed by atoms with Crippen LogP contribution in [0.1, 0.15) is 23.0 Å². The minimum absolute atomic E-state index is 0.102. The van der Waals surface area contributed by atoms with Gasteiger partial charge in [0.1, 0.15) is 11.7 Å². The van der Waals surface area contributed by atoms with Crippen LogP contribution in [0.5, 0.6) is 5.75 Å². The van der Waals surface area contributed by atoms with Crippen LogP contribution in [0.4, 0.5) is 5.69 Å². The topological polar surface area (TPSA) is 62.4 Å². The van der Waals surface area contributed by atoms with Crippen LogP contribution in [0, 0.1) is 6.92 Å². The van der Waals surface area contributed by atoms with Crippen molar-refractivity contribution in [3.05, 3.63) is 57.0 Å². The maximum atomic E-state index is 12.8. The van der Waals surface area contributed by atoms with E-state index in [1.54, 1.807) is 25.1 Å². The lowest BCUT2D eigenvalue weighted by Gasteiger charge is -2.33. The Kier molecular flexibility index (Phi) is 3.66. The molecule has 5 nitrogen and oxygen atoms in total. The molecule has 1 aromatic heterocycles. The second-order valence-electron chi connectivity index (χ2n) is 5.33. The van der Waals surface area contributed by atoms with Crippen molar-refractivity contribution < 1.29 is 9.53 Å². The van der Waals surface area contributed by atoms with Gasteiger partial charge in [0.15, 0.2) is 11.2 Å². The van der Waals surface area contributed by atoms with Crippen molar-refractivity contribution in [1.29, 1.82) is 0 Å².